The number of amides is 1. The second kappa shape index (κ2) is 15.9. The van der Waals surface area contributed by atoms with E-state index in [4.69, 9.17) is 14.2 Å². The third-order valence-electron chi connectivity index (χ3n) is 6.29. The fraction of sp³-hybridized carbons (Fsp3) is 0.400. The molecule has 1 aromatic carbocycles. The number of rotatable bonds is 16. The molecule has 0 saturated carbocycles. The maximum atomic E-state index is 13.4. The molecule has 0 fully saturated rings. The Bertz CT molecular complexity index is 1310. The number of aromatic nitrogens is 1. The number of ketones is 2. The van der Waals surface area contributed by atoms with Gasteiger partial charge < -0.3 is 29.1 Å². The smallest absolute Gasteiger partial charge is 0.308 e. The van der Waals surface area contributed by atoms with Crippen molar-refractivity contribution in [3.8, 4) is 11.5 Å². The van der Waals surface area contributed by atoms with Gasteiger partial charge in [-0.2, -0.15) is 0 Å². The number of nitrogens with zero attached hydrogens (tertiary/aromatic N) is 1. The summed E-state index contributed by atoms with van der Waals surface area (Å²) in [5.74, 6) is -7.89. The molecule has 1 heterocycles. The maximum absolute atomic E-state index is 13.4. The number of pyridine rings is 1. The number of carbonyl (C=O) groups excluding carboxylic acids is 7. The van der Waals surface area contributed by atoms with Crippen LogP contribution >= 0.6 is 0 Å². The van der Waals surface area contributed by atoms with Crippen LogP contribution < -0.4 is 14.8 Å². The molecule has 12 nitrogen and oxygen atoms in total. The highest BCUT2D eigenvalue weighted by Crippen LogP contribution is 2.30. The summed E-state index contributed by atoms with van der Waals surface area (Å²) in [6, 6.07) is 8.56. The van der Waals surface area contributed by atoms with Crippen LogP contribution in [0.1, 0.15) is 50.2 Å². The summed E-state index contributed by atoms with van der Waals surface area (Å²) in [6.45, 7) is 5.59. The first-order valence-electron chi connectivity index (χ1n) is 13.2. The van der Waals surface area contributed by atoms with Crippen molar-refractivity contribution in [2.24, 2.45) is 17.8 Å². The van der Waals surface area contributed by atoms with Crippen LogP contribution in [0.4, 0.5) is 0 Å². The van der Waals surface area contributed by atoms with Gasteiger partial charge in [-0.25, -0.2) is 4.98 Å². The topological polar surface area (TPSA) is 172 Å². The molecule has 0 bridgehead atoms. The van der Waals surface area contributed by atoms with E-state index in [2.05, 4.69) is 10.3 Å². The molecule has 0 aliphatic rings. The molecule has 4 atom stereocenters. The van der Waals surface area contributed by atoms with Crippen molar-refractivity contribution in [2.75, 3.05) is 7.11 Å². The van der Waals surface area contributed by atoms with Crippen molar-refractivity contribution in [3.63, 3.8) is 0 Å². The van der Waals surface area contributed by atoms with Crippen molar-refractivity contribution in [2.45, 2.75) is 52.7 Å². The zero-order valence-corrected chi connectivity index (χ0v) is 24.0. The average Bonchev–Trinajstić information content (AvgIpc) is 2.97. The number of benzene rings is 1. The molecule has 2 rings (SSSR count). The Balaban J connectivity index is 2.37. The van der Waals surface area contributed by atoms with Gasteiger partial charge in [0.2, 0.25) is 17.3 Å². The first-order chi connectivity index (χ1) is 19.9. The number of methoxy groups -OCH3 is 1. The highest BCUT2D eigenvalue weighted by molar-refractivity contribution is 6.40. The van der Waals surface area contributed by atoms with E-state index in [1.807, 2.05) is 0 Å². The molecule has 12 heteroatoms. The second-order valence-electron chi connectivity index (χ2n) is 9.78. The number of aldehydes is 2. The van der Waals surface area contributed by atoms with E-state index in [9.17, 15) is 33.6 Å². The highest BCUT2D eigenvalue weighted by Gasteiger charge is 2.40. The van der Waals surface area contributed by atoms with Crippen molar-refractivity contribution in [1.29, 1.82) is 0 Å². The van der Waals surface area contributed by atoms with Crippen molar-refractivity contribution >= 4 is 42.0 Å². The van der Waals surface area contributed by atoms with Gasteiger partial charge in [-0.15, -0.1) is 0 Å². The lowest BCUT2D eigenvalue weighted by molar-refractivity contribution is -0.162. The Labute approximate surface area is 243 Å². The van der Waals surface area contributed by atoms with E-state index < -0.39 is 71.4 Å². The Morgan fingerprint density at radius 2 is 1.64 bits per heavy atom. The lowest BCUT2D eigenvalue weighted by Gasteiger charge is -2.29. The van der Waals surface area contributed by atoms with Crippen LogP contribution in [0.5, 0.6) is 11.5 Å². The monoisotopic (exact) mass is 582 g/mol. The zero-order valence-electron chi connectivity index (χ0n) is 24.0. The third-order valence-corrected chi connectivity index (χ3v) is 6.29. The molecular formula is C30H34N2O10. The van der Waals surface area contributed by atoms with Crippen LogP contribution in [0.3, 0.4) is 0 Å². The fourth-order valence-electron chi connectivity index (χ4n) is 4.05. The summed E-state index contributed by atoms with van der Waals surface area (Å²) in [6.07, 6.45) is 0.346. The quantitative estimate of drug-likeness (QED) is 0.174. The lowest BCUT2D eigenvalue weighted by atomic mass is 9.83. The third kappa shape index (κ3) is 8.88. The van der Waals surface area contributed by atoms with E-state index in [-0.39, 0.29) is 17.9 Å². The highest BCUT2D eigenvalue weighted by atomic mass is 16.6. The lowest BCUT2D eigenvalue weighted by Crippen LogP contribution is -2.49. The van der Waals surface area contributed by atoms with E-state index in [1.165, 1.54) is 26.3 Å². The molecule has 4 unspecified atom stereocenters. The normalized spacial score (nSPS) is 13.6. The molecule has 224 valence electrons. The largest absolute Gasteiger partial charge is 0.493 e. The molecule has 1 amide bonds. The van der Waals surface area contributed by atoms with Gasteiger partial charge in [0.25, 0.3) is 5.91 Å². The molecule has 0 aliphatic carbocycles. The Morgan fingerprint density at radius 3 is 2.19 bits per heavy atom. The Hall–Kier alpha value is -4.74. The van der Waals surface area contributed by atoms with Gasteiger partial charge in [0.05, 0.1) is 24.9 Å². The number of esters is 2. The van der Waals surface area contributed by atoms with Gasteiger partial charge in [-0.05, 0) is 12.0 Å². The van der Waals surface area contributed by atoms with Crippen molar-refractivity contribution in [1.82, 2.24) is 10.3 Å². The van der Waals surface area contributed by atoms with Crippen molar-refractivity contribution < 1.29 is 47.8 Å². The SMILES string of the molecule is COc1ccnc(C(=O)NC(CC=O)C(=O)C(=O)C(C)C(OC(=O)C(C)C)C(C=O)Cc2ccccc2)c1OC(C)=O. The molecule has 0 aliphatic heterocycles. The predicted octanol–water partition coefficient (Wildman–Crippen LogP) is 2.10. The minimum Gasteiger partial charge on any atom is -0.493 e. The summed E-state index contributed by atoms with van der Waals surface area (Å²) in [5, 5.41) is 2.29. The number of carbonyl (C=O) groups is 7. The van der Waals surface area contributed by atoms with Crippen LogP contribution in [0.15, 0.2) is 42.6 Å². The summed E-state index contributed by atoms with van der Waals surface area (Å²) >= 11 is 0. The van der Waals surface area contributed by atoms with Gasteiger partial charge in [0.1, 0.15) is 24.7 Å². The summed E-state index contributed by atoms with van der Waals surface area (Å²) in [5.41, 5.74) is 0.313. The van der Waals surface area contributed by atoms with Crippen LogP contribution in [-0.4, -0.2) is 66.2 Å². The summed E-state index contributed by atoms with van der Waals surface area (Å²) in [4.78, 5) is 91.4. The van der Waals surface area contributed by atoms with Gasteiger partial charge in [-0.1, -0.05) is 51.1 Å². The molecule has 42 heavy (non-hydrogen) atoms. The van der Waals surface area contributed by atoms with Crippen LogP contribution in [-0.2, 0) is 39.9 Å². The van der Waals surface area contributed by atoms with Gasteiger partial charge in [-0.3, -0.25) is 24.0 Å². The molecule has 0 saturated heterocycles. The van der Waals surface area contributed by atoms with Crippen LogP contribution in [0, 0.1) is 17.8 Å². The standard InChI is InChI=1S/C30H34N2O10/c1-17(2)30(39)42-27(21(16-34)15-20-9-7-6-8-10-20)18(3)25(36)26(37)22(12-14-33)32-29(38)24-28(41-19(4)35)23(40-5)11-13-31-24/h6-11,13-14,16-18,21-22,27H,12,15H2,1-5H3,(H,32,38). The van der Waals surface area contributed by atoms with E-state index in [0.29, 0.717) is 12.6 Å². The van der Waals surface area contributed by atoms with Crippen LogP contribution in [0.2, 0.25) is 0 Å². The number of hydrogen-bond acceptors (Lipinski definition) is 11. The molecule has 2 aromatic rings. The minimum absolute atomic E-state index is 0.00134. The molecule has 1 N–H and O–H groups in total. The zero-order chi connectivity index (χ0) is 31.4. The van der Waals surface area contributed by atoms with Gasteiger partial charge >= 0.3 is 11.9 Å². The summed E-state index contributed by atoms with van der Waals surface area (Å²) < 4.78 is 15.7. The number of hydrogen-bond donors (Lipinski definition) is 1. The first kappa shape index (κ1) is 33.5. The van der Waals surface area contributed by atoms with Crippen LogP contribution in [0.25, 0.3) is 0 Å². The second-order valence-corrected chi connectivity index (χ2v) is 9.78. The molecule has 0 spiro atoms. The Kier molecular flexibility index (Phi) is 12.7. The number of ether oxygens (including phenoxy) is 3. The van der Waals surface area contributed by atoms with Gasteiger partial charge in [0.15, 0.2) is 11.4 Å². The van der Waals surface area contributed by atoms with E-state index in [0.717, 1.165) is 12.5 Å². The van der Waals surface area contributed by atoms with E-state index >= 15 is 0 Å². The first-order valence-corrected chi connectivity index (χ1v) is 13.2. The molecular weight excluding hydrogens is 548 g/mol. The average molecular weight is 583 g/mol. The maximum Gasteiger partial charge on any atom is 0.308 e. The number of nitrogens with one attached hydrogen (secondary N) is 1. The minimum atomic E-state index is -1.63. The van der Waals surface area contributed by atoms with E-state index in [1.54, 1.807) is 44.2 Å². The predicted molar refractivity (Wildman–Crippen MR) is 148 cm³/mol. The van der Waals surface area contributed by atoms with Crippen molar-refractivity contribution in [3.05, 3.63) is 53.9 Å². The Morgan fingerprint density at radius 1 is 0.976 bits per heavy atom. The van der Waals surface area contributed by atoms with Gasteiger partial charge in [0, 0.05) is 25.6 Å². The molecule has 1 aromatic heterocycles. The number of Topliss-reactive ketones (excluding diaryl/α,β-unsaturated/α-hetero) is 2. The fourth-order valence-corrected chi connectivity index (χ4v) is 4.05. The molecule has 0 radical (unpaired) electrons. The summed E-state index contributed by atoms with van der Waals surface area (Å²) in [7, 11) is 1.27.